The average Bonchev–Trinajstić information content (AvgIpc) is 3.21. The molecule has 34 heavy (non-hydrogen) atoms. The number of ether oxygens (including phenoxy) is 1. The molecule has 2 fully saturated rings. The monoisotopic (exact) mass is 488 g/mol. The Morgan fingerprint density at radius 2 is 1.82 bits per heavy atom. The molecule has 0 unspecified atom stereocenters. The van der Waals surface area contributed by atoms with Gasteiger partial charge in [0.2, 0.25) is 5.91 Å². The Bertz CT molecular complexity index is 907. The standard InChI is InChI=1S/C27H40N2O4S/c1-19-6-8-20(9-7-19)25(30)29(21-11-14-28(15-12-21)16-17-33-5)23-18-22(10-13-27(2,3)4)34-24(23)26(31)32/h18-21H,6-9,11-12,14-17H2,1-5H3,(H,31,32). The molecule has 1 aromatic rings. The van der Waals surface area contributed by atoms with E-state index in [1.807, 2.05) is 31.7 Å². The Kier molecular flexibility index (Phi) is 9.20. The van der Waals surface area contributed by atoms with Crippen molar-refractivity contribution in [3.8, 4) is 11.8 Å². The maximum Gasteiger partial charge on any atom is 0.348 e. The first-order chi connectivity index (χ1) is 16.1. The highest BCUT2D eigenvalue weighted by molar-refractivity contribution is 7.15. The number of likely N-dealkylation sites (tertiary alicyclic amines) is 1. The van der Waals surface area contributed by atoms with Gasteiger partial charge in [-0.05, 0) is 71.3 Å². The van der Waals surface area contributed by atoms with Crippen LogP contribution in [0.25, 0.3) is 0 Å². The van der Waals surface area contributed by atoms with Crippen LogP contribution in [0.2, 0.25) is 0 Å². The topological polar surface area (TPSA) is 70.1 Å². The van der Waals surface area contributed by atoms with Crippen molar-refractivity contribution in [1.82, 2.24) is 4.90 Å². The highest BCUT2D eigenvalue weighted by Crippen LogP contribution is 2.37. The van der Waals surface area contributed by atoms with Crippen LogP contribution in [-0.2, 0) is 9.53 Å². The van der Waals surface area contributed by atoms with Gasteiger partial charge in [0.1, 0.15) is 4.88 Å². The first kappa shape index (κ1) is 26.7. The fourth-order valence-electron chi connectivity index (χ4n) is 4.84. The number of hydrogen-bond acceptors (Lipinski definition) is 5. The summed E-state index contributed by atoms with van der Waals surface area (Å²) in [4.78, 5) is 31.3. The van der Waals surface area contributed by atoms with E-state index in [2.05, 4.69) is 23.7 Å². The summed E-state index contributed by atoms with van der Waals surface area (Å²) < 4.78 is 5.22. The molecular formula is C27H40N2O4S. The lowest BCUT2D eigenvalue weighted by Gasteiger charge is -2.40. The third-order valence-electron chi connectivity index (χ3n) is 6.86. The van der Waals surface area contributed by atoms with Crippen LogP contribution < -0.4 is 4.90 Å². The van der Waals surface area contributed by atoms with Gasteiger partial charge in [-0.3, -0.25) is 4.79 Å². The summed E-state index contributed by atoms with van der Waals surface area (Å²) in [5, 5.41) is 10.0. The number of piperidine rings is 1. The molecule has 7 heteroatoms. The molecule has 0 spiro atoms. The molecule has 188 valence electrons. The zero-order valence-electron chi connectivity index (χ0n) is 21.4. The maximum atomic E-state index is 13.9. The van der Waals surface area contributed by atoms with Crippen molar-refractivity contribution in [2.45, 2.75) is 72.3 Å². The van der Waals surface area contributed by atoms with Gasteiger partial charge in [-0.2, -0.15) is 0 Å². The van der Waals surface area contributed by atoms with E-state index in [1.54, 1.807) is 7.11 Å². The molecule has 1 aliphatic carbocycles. The van der Waals surface area contributed by atoms with Crippen LogP contribution in [0.15, 0.2) is 6.07 Å². The number of hydrogen-bond donors (Lipinski definition) is 1. The number of carbonyl (C=O) groups excluding carboxylic acids is 1. The maximum absolute atomic E-state index is 13.9. The number of carboxylic acids is 1. The van der Waals surface area contributed by atoms with Crippen molar-refractivity contribution in [3.05, 3.63) is 15.8 Å². The zero-order valence-corrected chi connectivity index (χ0v) is 22.2. The predicted molar refractivity (Wildman–Crippen MR) is 138 cm³/mol. The summed E-state index contributed by atoms with van der Waals surface area (Å²) in [6.07, 6.45) is 5.53. The molecule has 6 nitrogen and oxygen atoms in total. The van der Waals surface area contributed by atoms with Gasteiger partial charge in [0.05, 0.1) is 17.2 Å². The summed E-state index contributed by atoms with van der Waals surface area (Å²) in [5.41, 5.74) is 0.353. The lowest BCUT2D eigenvalue weighted by molar-refractivity contribution is -0.124. The Morgan fingerprint density at radius 1 is 1.18 bits per heavy atom. The molecular weight excluding hydrogens is 448 g/mol. The van der Waals surface area contributed by atoms with Gasteiger partial charge < -0.3 is 19.6 Å². The third-order valence-corrected chi connectivity index (χ3v) is 7.89. The Balaban J connectivity index is 1.93. The first-order valence-corrected chi connectivity index (χ1v) is 13.4. The molecule has 2 heterocycles. The van der Waals surface area contributed by atoms with Gasteiger partial charge >= 0.3 is 5.97 Å². The van der Waals surface area contributed by atoms with Gasteiger partial charge in [-0.25, -0.2) is 4.79 Å². The number of carbonyl (C=O) groups is 2. The normalized spacial score (nSPS) is 22.1. The number of thiophene rings is 1. The fourth-order valence-corrected chi connectivity index (χ4v) is 5.69. The largest absolute Gasteiger partial charge is 0.477 e. The molecule has 1 aliphatic heterocycles. The van der Waals surface area contributed by atoms with Crippen LogP contribution in [0.4, 0.5) is 5.69 Å². The average molecular weight is 489 g/mol. The minimum Gasteiger partial charge on any atom is -0.477 e. The van der Waals surface area contributed by atoms with Gasteiger partial charge in [0.15, 0.2) is 0 Å². The second-order valence-electron chi connectivity index (χ2n) is 10.9. The van der Waals surface area contributed by atoms with Crippen molar-refractivity contribution in [2.75, 3.05) is 38.3 Å². The number of nitrogens with zero attached hydrogens (tertiary/aromatic N) is 2. The second-order valence-corrected chi connectivity index (χ2v) is 11.9. The first-order valence-electron chi connectivity index (χ1n) is 12.5. The highest BCUT2D eigenvalue weighted by Gasteiger charge is 2.37. The van der Waals surface area contributed by atoms with Crippen LogP contribution in [0.3, 0.4) is 0 Å². The van der Waals surface area contributed by atoms with Crippen LogP contribution in [-0.4, -0.2) is 61.3 Å². The number of anilines is 1. The van der Waals surface area contributed by atoms with E-state index in [0.717, 1.165) is 58.2 Å². The van der Waals surface area contributed by atoms with Gasteiger partial charge in [0, 0.05) is 44.1 Å². The molecule has 0 atom stereocenters. The summed E-state index contributed by atoms with van der Waals surface area (Å²) in [7, 11) is 1.71. The summed E-state index contributed by atoms with van der Waals surface area (Å²) in [6.45, 7) is 11.7. The molecule has 2 aliphatic rings. The van der Waals surface area contributed by atoms with Crippen LogP contribution in [0.1, 0.15) is 80.8 Å². The summed E-state index contributed by atoms with van der Waals surface area (Å²) >= 11 is 1.18. The SMILES string of the molecule is COCCN1CCC(N(C(=O)C2CCC(C)CC2)c2cc(C#CC(C)(C)C)sc2C(=O)O)CC1. The van der Waals surface area contributed by atoms with E-state index in [1.165, 1.54) is 11.3 Å². The van der Waals surface area contributed by atoms with Crippen molar-refractivity contribution >= 4 is 28.9 Å². The van der Waals surface area contributed by atoms with E-state index in [-0.39, 0.29) is 28.2 Å². The molecule has 1 saturated carbocycles. The quantitative estimate of drug-likeness (QED) is 0.540. The van der Waals surface area contributed by atoms with Crippen molar-refractivity contribution in [1.29, 1.82) is 0 Å². The summed E-state index contributed by atoms with van der Waals surface area (Å²) in [6, 6.07) is 1.84. The third kappa shape index (κ3) is 7.07. The minimum absolute atomic E-state index is 0.00164. The molecule has 0 radical (unpaired) electrons. The molecule has 0 bridgehead atoms. The second kappa shape index (κ2) is 11.7. The number of rotatable bonds is 7. The number of carboxylic acid groups (broad SMARTS) is 1. The van der Waals surface area contributed by atoms with Crippen molar-refractivity contribution < 1.29 is 19.4 Å². The molecule has 1 aromatic heterocycles. The number of methoxy groups -OCH3 is 1. The predicted octanol–water partition coefficient (Wildman–Crippen LogP) is 5.11. The van der Waals surface area contributed by atoms with Gasteiger partial charge in [0.25, 0.3) is 0 Å². The minimum atomic E-state index is -0.989. The Labute approximate surface area is 208 Å². The Morgan fingerprint density at radius 3 is 2.38 bits per heavy atom. The van der Waals surface area contributed by atoms with Crippen LogP contribution >= 0.6 is 11.3 Å². The Hall–Kier alpha value is -1.88. The highest BCUT2D eigenvalue weighted by atomic mass is 32.1. The van der Waals surface area contributed by atoms with Crippen LogP contribution in [0.5, 0.6) is 0 Å². The van der Waals surface area contributed by atoms with E-state index in [0.29, 0.717) is 23.1 Å². The lowest BCUT2D eigenvalue weighted by atomic mass is 9.82. The molecule has 3 rings (SSSR count). The van der Waals surface area contributed by atoms with E-state index < -0.39 is 5.97 Å². The van der Waals surface area contributed by atoms with Crippen molar-refractivity contribution in [2.24, 2.45) is 17.3 Å². The molecule has 0 aromatic carbocycles. The fraction of sp³-hybridized carbons (Fsp3) is 0.704. The molecule has 1 N–H and O–H groups in total. The van der Waals surface area contributed by atoms with Gasteiger partial charge in [-0.15, -0.1) is 11.3 Å². The van der Waals surface area contributed by atoms with E-state index in [4.69, 9.17) is 4.74 Å². The smallest absolute Gasteiger partial charge is 0.348 e. The van der Waals surface area contributed by atoms with Crippen molar-refractivity contribution in [3.63, 3.8) is 0 Å². The molecule has 1 saturated heterocycles. The molecule has 1 amide bonds. The van der Waals surface area contributed by atoms with E-state index in [9.17, 15) is 14.7 Å². The van der Waals surface area contributed by atoms with E-state index >= 15 is 0 Å². The lowest BCUT2D eigenvalue weighted by Crippen LogP contribution is -2.50. The number of amides is 1. The summed E-state index contributed by atoms with van der Waals surface area (Å²) in [5.74, 6) is 6.08. The zero-order chi connectivity index (χ0) is 24.9. The van der Waals surface area contributed by atoms with Crippen LogP contribution in [0, 0.1) is 29.1 Å². The van der Waals surface area contributed by atoms with Gasteiger partial charge in [-0.1, -0.05) is 18.8 Å². The number of aromatic carboxylic acids is 1.